The number of hydrogen-bond acceptors (Lipinski definition) is 6. The van der Waals surface area contributed by atoms with E-state index in [4.69, 9.17) is 9.26 Å². The van der Waals surface area contributed by atoms with E-state index >= 15 is 0 Å². The third-order valence-electron chi connectivity index (χ3n) is 4.88. The van der Waals surface area contributed by atoms with Crippen LogP contribution in [0.1, 0.15) is 54.1 Å². The van der Waals surface area contributed by atoms with Crippen LogP contribution in [0.15, 0.2) is 65.2 Å². The van der Waals surface area contributed by atoms with Crippen molar-refractivity contribution in [2.24, 2.45) is 0 Å². The number of aromatic nitrogens is 1. The van der Waals surface area contributed by atoms with Gasteiger partial charge in [-0.25, -0.2) is 0 Å². The molecule has 2 amide bonds. The van der Waals surface area contributed by atoms with Gasteiger partial charge in [0.2, 0.25) is 6.10 Å². The molecule has 0 spiro atoms. The molecule has 1 aromatic heterocycles. The normalized spacial score (nSPS) is 12.0. The molecule has 1 heterocycles. The van der Waals surface area contributed by atoms with Gasteiger partial charge >= 0.3 is 5.97 Å². The second-order valence-corrected chi connectivity index (χ2v) is 8.60. The summed E-state index contributed by atoms with van der Waals surface area (Å²) >= 11 is 0. The number of rotatable bonds is 7. The molecule has 0 aliphatic carbocycles. The number of ether oxygens (including phenoxy) is 1. The summed E-state index contributed by atoms with van der Waals surface area (Å²) < 4.78 is 10.3. The summed E-state index contributed by atoms with van der Waals surface area (Å²) in [4.78, 5) is 37.7. The Bertz CT molecular complexity index is 1110. The Hall–Kier alpha value is -3.94. The third-order valence-corrected chi connectivity index (χ3v) is 4.88. The SMILES string of the molecule is Cc1cc(NC(=O)C(OC(=O)CNC(=O)c2ccc(C(C)(C)C)cc2)c2ccccc2)no1. The van der Waals surface area contributed by atoms with Gasteiger partial charge in [-0.1, -0.05) is 68.4 Å². The number of carbonyl (C=O) groups excluding carboxylic acids is 3. The van der Waals surface area contributed by atoms with E-state index in [1.54, 1.807) is 55.5 Å². The van der Waals surface area contributed by atoms with Crippen LogP contribution >= 0.6 is 0 Å². The topological polar surface area (TPSA) is 111 Å². The van der Waals surface area contributed by atoms with Gasteiger partial charge in [-0.3, -0.25) is 14.4 Å². The summed E-state index contributed by atoms with van der Waals surface area (Å²) in [5.74, 6) is -1.02. The van der Waals surface area contributed by atoms with E-state index in [9.17, 15) is 14.4 Å². The van der Waals surface area contributed by atoms with Crippen molar-refractivity contribution in [3.8, 4) is 0 Å². The van der Waals surface area contributed by atoms with E-state index in [1.165, 1.54) is 0 Å². The minimum absolute atomic E-state index is 0.0312. The maximum atomic E-state index is 12.8. The van der Waals surface area contributed by atoms with E-state index in [2.05, 4.69) is 36.6 Å². The van der Waals surface area contributed by atoms with E-state index in [0.29, 0.717) is 16.9 Å². The standard InChI is InChI=1S/C25H27N3O5/c1-16-14-20(28-33-16)27-24(31)22(17-8-6-5-7-9-17)32-21(29)15-26-23(30)18-10-12-19(13-11-18)25(2,3)4/h5-14,22H,15H2,1-4H3,(H,26,30)(H,27,28,31). The Morgan fingerprint density at radius 1 is 1.03 bits per heavy atom. The zero-order chi connectivity index (χ0) is 24.0. The van der Waals surface area contributed by atoms with Gasteiger partial charge in [0, 0.05) is 17.2 Å². The monoisotopic (exact) mass is 449 g/mol. The first-order chi connectivity index (χ1) is 15.6. The van der Waals surface area contributed by atoms with Crippen molar-refractivity contribution in [1.82, 2.24) is 10.5 Å². The molecule has 1 atom stereocenters. The number of hydrogen-bond donors (Lipinski definition) is 2. The van der Waals surface area contributed by atoms with Gasteiger partial charge in [-0.05, 0) is 30.0 Å². The maximum absolute atomic E-state index is 12.8. The average Bonchev–Trinajstić information content (AvgIpc) is 3.20. The van der Waals surface area contributed by atoms with Gasteiger partial charge in [-0.15, -0.1) is 0 Å². The van der Waals surface area contributed by atoms with Crippen molar-refractivity contribution in [2.45, 2.75) is 39.2 Å². The van der Waals surface area contributed by atoms with Crippen LogP contribution in [0.5, 0.6) is 0 Å². The molecule has 0 radical (unpaired) electrons. The van der Waals surface area contributed by atoms with Gasteiger partial charge < -0.3 is 19.9 Å². The van der Waals surface area contributed by atoms with Crippen LogP contribution < -0.4 is 10.6 Å². The molecule has 8 heteroatoms. The number of nitrogens with one attached hydrogen (secondary N) is 2. The molecule has 0 aliphatic heterocycles. The zero-order valence-electron chi connectivity index (χ0n) is 19.0. The van der Waals surface area contributed by atoms with Crippen molar-refractivity contribution in [2.75, 3.05) is 11.9 Å². The molecule has 172 valence electrons. The number of benzene rings is 2. The van der Waals surface area contributed by atoms with Crippen LogP contribution in [-0.2, 0) is 19.7 Å². The van der Waals surface area contributed by atoms with Crippen molar-refractivity contribution < 1.29 is 23.6 Å². The predicted molar refractivity (Wildman–Crippen MR) is 123 cm³/mol. The second kappa shape index (κ2) is 10.1. The first kappa shape index (κ1) is 23.7. The lowest BCUT2D eigenvalue weighted by Crippen LogP contribution is -2.33. The summed E-state index contributed by atoms with van der Waals surface area (Å²) in [6.45, 7) is 7.56. The van der Waals surface area contributed by atoms with Crippen molar-refractivity contribution in [3.63, 3.8) is 0 Å². The van der Waals surface area contributed by atoms with Gasteiger partial charge in [-0.2, -0.15) is 0 Å². The molecular weight excluding hydrogens is 422 g/mol. The number of aryl methyl sites for hydroxylation is 1. The Morgan fingerprint density at radius 3 is 2.27 bits per heavy atom. The van der Waals surface area contributed by atoms with E-state index in [0.717, 1.165) is 5.56 Å². The minimum atomic E-state index is -1.22. The highest BCUT2D eigenvalue weighted by molar-refractivity contribution is 5.97. The second-order valence-electron chi connectivity index (χ2n) is 8.60. The fourth-order valence-corrected chi connectivity index (χ4v) is 3.07. The lowest BCUT2D eigenvalue weighted by atomic mass is 9.87. The van der Waals surface area contributed by atoms with Crippen LogP contribution in [0, 0.1) is 6.92 Å². The Labute approximate surface area is 192 Å². The van der Waals surface area contributed by atoms with Crippen LogP contribution in [-0.4, -0.2) is 29.5 Å². The highest BCUT2D eigenvalue weighted by atomic mass is 16.5. The maximum Gasteiger partial charge on any atom is 0.326 e. The van der Waals surface area contributed by atoms with Gasteiger partial charge in [0.15, 0.2) is 5.82 Å². The fraction of sp³-hybridized carbons (Fsp3) is 0.280. The number of anilines is 1. The fourth-order valence-electron chi connectivity index (χ4n) is 3.07. The molecule has 8 nitrogen and oxygen atoms in total. The first-order valence-corrected chi connectivity index (χ1v) is 10.5. The minimum Gasteiger partial charge on any atom is -0.446 e. The molecule has 2 N–H and O–H groups in total. The summed E-state index contributed by atoms with van der Waals surface area (Å²) in [6, 6.07) is 17.3. The summed E-state index contributed by atoms with van der Waals surface area (Å²) in [5.41, 5.74) is 1.97. The summed E-state index contributed by atoms with van der Waals surface area (Å²) in [5, 5.41) is 8.82. The van der Waals surface area contributed by atoms with Crippen molar-refractivity contribution in [3.05, 3.63) is 83.1 Å². The molecule has 1 unspecified atom stereocenters. The molecule has 0 saturated carbocycles. The van der Waals surface area contributed by atoms with Gasteiger partial charge in [0.1, 0.15) is 12.3 Å². The molecular formula is C25H27N3O5. The van der Waals surface area contributed by atoms with Gasteiger partial charge in [0.05, 0.1) is 0 Å². The number of nitrogens with zero attached hydrogens (tertiary/aromatic N) is 1. The average molecular weight is 450 g/mol. The van der Waals surface area contributed by atoms with Gasteiger partial charge in [0.25, 0.3) is 11.8 Å². The lowest BCUT2D eigenvalue weighted by Gasteiger charge is -2.19. The number of esters is 1. The molecule has 3 rings (SSSR count). The lowest BCUT2D eigenvalue weighted by molar-refractivity contribution is -0.153. The Morgan fingerprint density at radius 2 is 1.70 bits per heavy atom. The molecule has 0 saturated heterocycles. The number of carbonyl (C=O) groups is 3. The first-order valence-electron chi connectivity index (χ1n) is 10.5. The van der Waals surface area contributed by atoms with E-state index in [1.807, 2.05) is 12.1 Å². The zero-order valence-corrected chi connectivity index (χ0v) is 19.0. The molecule has 3 aromatic rings. The van der Waals surface area contributed by atoms with Crippen molar-refractivity contribution >= 4 is 23.6 Å². The van der Waals surface area contributed by atoms with Crippen LogP contribution in [0.3, 0.4) is 0 Å². The number of amides is 2. The van der Waals surface area contributed by atoms with Crippen LogP contribution in [0.4, 0.5) is 5.82 Å². The molecule has 0 fully saturated rings. The third kappa shape index (κ3) is 6.52. The summed E-state index contributed by atoms with van der Waals surface area (Å²) in [6.07, 6.45) is -1.22. The van der Waals surface area contributed by atoms with Crippen LogP contribution in [0.2, 0.25) is 0 Å². The van der Waals surface area contributed by atoms with Crippen LogP contribution in [0.25, 0.3) is 0 Å². The predicted octanol–water partition coefficient (Wildman–Crippen LogP) is 3.93. The molecule has 33 heavy (non-hydrogen) atoms. The molecule has 2 aromatic carbocycles. The quantitative estimate of drug-likeness (QED) is 0.529. The smallest absolute Gasteiger partial charge is 0.326 e. The van der Waals surface area contributed by atoms with E-state index in [-0.39, 0.29) is 17.8 Å². The van der Waals surface area contributed by atoms with E-state index < -0.39 is 23.9 Å². The highest BCUT2D eigenvalue weighted by Crippen LogP contribution is 2.22. The summed E-state index contributed by atoms with van der Waals surface area (Å²) in [7, 11) is 0. The molecule has 0 aliphatic rings. The molecule has 0 bridgehead atoms. The Kier molecular flexibility index (Phi) is 7.27. The largest absolute Gasteiger partial charge is 0.446 e. The Balaban J connectivity index is 1.63. The highest BCUT2D eigenvalue weighted by Gasteiger charge is 2.26. The van der Waals surface area contributed by atoms with Crippen molar-refractivity contribution in [1.29, 1.82) is 0 Å².